The van der Waals surface area contributed by atoms with Gasteiger partial charge in [-0.2, -0.15) is 4.98 Å². The van der Waals surface area contributed by atoms with Gasteiger partial charge < -0.3 is 15.4 Å². The molecule has 1 aromatic carbocycles. The number of ether oxygens (including phenoxy) is 1. The topological polar surface area (TPSA) is 51.4 Å². The SMILES string of the molecule is CCc1ccc(CN(C)c2ccc(N)c(OC)n2)cc1. The minimum Gasteiger partial charge on any atom is -0.479 e. The number of pyridine rings is 1. The van der Waals surface area contributed by atoms with Crippen molar-refractivity contribution >= 4 is 11.5 Å². The summed E-state index contributed by atoms with van der Waals surface area (Å²) in [4.78, 5) is 6.47. The van der Waals surface area contributed by atoms with Gasteiger partial charge in [0.1, 0.15) is 5.82 Å². The zero-order chi connectivity index (χ0) is 14.5. The first-order valence-electron chi connectivity index (χ1n) is 6.73. The zero-order valence-corrected chi connectivity index (χ0v) is 12.3. The minimum atomic E-state index is 0.468. The third-order valence-electron chi connectivity index (χ3n) is 3.31. The zero-order valence-electron chi connectivity index (χ0n) is 12.3. The van der Waals surface area contributed by atoms with Gasteiger partial charge in [-0.25, -0.2) is 0 Å². The number of methoxy groups -OCH3 is 1. The number of nitrogens with two attached hydrogens (primary N) is 1. The summed E-state index contributed by atoms with van der Waals surface area (Å²) in [7, 11) is 3.58. The van der Waals surface area contributed by atoms with Crippen molar-refractivity contribution in [3.63, 3.8) is 0 Å². The Labute approximate surface area is 120 Å². The largest absolute Gasteiger partial charge is 0.479 e. The maximum Gasteiger partial charge on any atom is 0.238 e. The minimum absolute atomic E-state index is 0.468. The van der Waals surface area contributed by atoms with Gasteiger partial charge in [0, 0.05) is 13.6 Å². The molecule has 0 bridgehead atoms. The molecule has 0 amide bonds. The van der Waals surface area contributed by atoms with Crippen LogP contribution in [0.4, 0.5) is 11.5 Å². The number of nitrogens with zero attached hydrogens (tertiary/aromatic N) is 2. The van der Waals surface area contributed by atoms with Gasteiger partial charge in [-0.1, -0.05) is 31.2 Å². The van der Waals surface area contributed by atoms with Gasteiger partial charge in [0.2, 0.25) is 5.88 Å². The summed E-state index contributed by atoms with van der Waals surface area (Å²) < 4.78 is 5.15. The second-order valence-corrected chi connectivity index (χ2v) is 4.79. The summed E-state index contributed by atoms with van der Waals surface area (Å²) in [6.07, 6.45) is 1.06. The van der Waals surface area contributed by atoms with Gasteiger partial charge in [0.05, 0.1) is 12.8 Å². The number of hydrogen-bond donors (Lipinski definition) is 1. The van der Waals surface area contributed by atoms with Crippen molar-refractivity contribution in [2.24, 2.45) is 0 Å². The summed E-state index contributed by atoms with van der Waals surface area (Å²) in [5.74, 6) is 1.31. The molecule has 0 radical (unpaired) electrons. The number of hydrogen-bond acceptors (Lipinski definition) is 4. The highest BCUT2D eigenvalue weighted by Gasteiger charge is 2.07. The molecular weight excluding hydrogens is 250 g/mol. The van der Waals surface area contributed by atoms with E-state index >= 15 is 0 Å². The number of anilines is 2. The fourth-order valence-electron chi connectivity index (χ4n) is 2.05. The Morgan fingerprint density at radius 2 is 1.75 bits per heavy atom. The Kier molecular flexibility index (Phi) is 4.45. The Morgan fingerprint density at radius 3 is 2.35 bits per heavy atom. The van der Waals surface area contributed by atoms with Crippen LogP contribution in [0.3, 0.4) is 0 Å². The van der Waals surface area contributed by atoms with Crippen molar-refractivity contribution in [1.82, 2.24) is 4.98 Å². The molecule has 0 saturated heterocycles. The van der Waals surface area contributed by atoms with E-state index in [1.54, 1.807) is 7.11 Å². The van der Waals surface area contributed by atoms with Crippen molar-refractivity contribution < 1.29 is 4.74 Å². The lowest BCUT2D eigenvalue weighted by atomic mass is 10.1. The third kappa shape index (κ3) is 3.20. The number of nitrogen functional groups attached to an aromatic ring is 1. The average Bonchev–Trinajstić information content (AvgIpc) is 2.48. The quantitative estimate of drug-likeness (QED) is 0.908. The lowest BCUT2D eigenvalue weighted by Gasteiger charge is -2.19. The fraction of sp³-hybridized carbons (Fsp3) is 0.312. The Bertz CT molecular complexity index is 566. The molecule has 0 saturated carbocycles. The number of rotatable bonds is 5. The van der Waals surface area contributed by atoms with Crippen LogP contribution in [0.15, 0.2) is 36.4 Å². The van der Waals surface area contributed by atoms with Crippen LogP contribution in [0.2, 0.25) is 0 Å². The van der Waals surface area contributed by atoms with Crippen LogP contribution < -0.4 is 15.4 Å². The molecule has 0 aliphatic rings. The lowest BCUT2D eigenvalue weighted by molar-refractivity contribution is 0.400. The van der Waals surface area contributed by atoms with E-state index in [0.717, 1.165) is 18.8 Å². The van der Waals surface area contributed by atoms with E-state index in [-0.39, 0.29) is 0 Å². The van der Waals surface area contributed by atoms with Crippen molar-refractivity contribution in [2.45, 2.75) is 19.9 Å². The summed E-state index contributed by atoms with van der Waals surface area (Å²) in [5.41, 5.74) is 8.93. The second kappa shape index (κ2) is 6.28. The van der Waals surface area contributed by atoms with Crippen LogP contribution in [0, 0.1) is 0 Å². The van der Waals surface area contributed by atoms with Crippen molar-refractivity contribution in [3.05, 3.63) is 47.5 Å². The summed E-state index contributed by atoms with van der Waals surface area (Å²) in [5, 5.41) is 0. The van der Waals surface area contributed by atoms with Gasteiger partial charge in [-0.3, -0.25) is 0 Å². The average molecular weight is 271 g/mol. The molecule has 0 unspecified atom stereocenters. The molecular formula is C16H21N3O. The Morgan fingerprint density at radius 1 is 1.10 bits per heavy atom. The predicted octanol–water partition coefficient (Wildman–Crippen LogP) is 2.87. The van der Waals surface area contributed by atoms with Crippen molar-refractivity contribution in [3.8, 4) is 5.88 Å². The molecule has 4 nitrogen and oxygen atoms in total. The molecule has 4 heteroatoms. The Balaban J connectivity index is 2.12. The van der Waals surface area contributed by atoms with Crippen molar-refractivity contribution in [2.75, 3.05) is 24.8 Å². The molecule has 0 fully saturated rings. The van der Waals surface area contributed by atoms with Crippen LogP contribution in [0.1, 0.15) is 18.1 Å². The van der Waals surface area contributed by atoms with E-state index in [4.69, 9.17) is 10.5 Å². The molecule has 1 aromatic heterocycles. The van der Waals surface area contributed by atoms with E-state index in [2.05, 4.69) is 41.1 Å². The molecule has 2 N–H and O–H groups in total. The maximum atomic E-state index is 5.78. The first-order valence-corrected chi connectivity index (χ1v) is 6.73. The molecule has 20 heavy (non-hydrogen) atoms. The van der Waals surface area contributed by atoms with Crippen LogP contribution in [-0.4, -0.2) is 19.1 Å². The number of benzene rings is 1. The monoisotopic (exact) mass is 271 g/mol. The highest BCUT2D eigenvalue weighted by molar-refractivity contribution is 5.54. The fourth-order valence-corrected chi connectivity index (χ4v) is 2.05. The van der Waals surface area contributed by atoms with E-state index in [0.29, 0.717) is 11.6 Å². The summed E-state index contributed by atoms with van der Waals surface area (Å²) in [6.45, 7) is 2.95. The van der Waals surface area contributed by atoms with Gasteiger partial charge in [0.15, 0.2) is 0 Å². The van der Waals surface area contributed by atoms with E-state index in [1.807, 2.05) is 19.2 Å². The van der Waals surface area contributed by atoms with Crippen LogP contribution in [-0.2, 0) is 13.0 Å². The Hall–Kier alpha value is -2.23. The lowest BCUT2D eigenvalue weighted by Crippen LogP contribution is -2.18. The molecule has 0 aliphatic heterocycles. The van der Waals surface area contributed by atoms with Crippen molar-refractivity contribution in [1.29, 1.82) is 0 Å². The standard InChI is InChI=1S/C16H21N3O/c1-4-12-5-7-13(8-6-12)11-19(2)15-10-9-14(17)16(18-15)20-3/h5-10H,4,11,17H2,1-3H3. The van der Waals surface area contributed by atoms with Gasteiger partial charge >= 0.3 is 0 Å². The maximum absolute atomic E-state index is 5.78. The summed E-state index contributed by atoms with van der Waals surface area (Å²) >= 11 is 0. The van der Waals surface area contributed by atoms with Crippen LogP contribution >= 0.6 is 0 Å². The van der Waals surface area contributed by atoms with E-state index < -0.39 is 0 Å². The molecule has 106 valence electrons. The third-order valence-corrected chi connectivity index (χ3v) is 3.31. The highest BCUT2D eigenvalue weighted by Crippen LogP contribution is 2.23. The normalized spacial score (nSPS) is 10.3. The van der Waals surface area contributed by atoms with E-state index in [9.17, 15) is 0 Å². The van der Waals surface area contributed by atoms with Gasteiger partial charge in [-0.15, -0.1) is 0 Å². The smallest absolute Gasteiger partial charge is 0.238 e. The predicted molar refractivity (Wildman–Crippen MR) is 83.1 cm³/mol. The number of aryl methyl sites for hydroxylation is 1. The molecule has 2 rings (SSSR count). The first-order chi connectivity index (χ1) is 9.63. The van der Waals surface area contributed by atoms with E-state index in [1.165, 1.54) is 11.1 Å². The molecule has 2 aromatic rings. The van der Waals surface area contributed by atoms with Gasteiger partial charge in [-0.05, 0) is 29.7 Å². The first kappa shape index (κ1) is 14.2. The van der Waals surface area contributed by atoms with Crippen LogP contribution in [0.5, 0.6) is 5.88 Å². The number of aromatic nitrogens is 1. The second-order valence-electron chi connectivity index (χ2n) is 4.79. The molecule has 0 atom stereocenters. The molecule has 0 aliphatic carbocycles. The summed E-state index contributed by atoms with van der Waals surface area (Å²) in [6, 6.07) is 12.4. The molecule has 1 heterocycles. The van der Waals surface area contributed by atoms with Gasteiger partial charge in [0.25, 0.3) is 0 Å². The molecule has 0 spiro atoms. The highest BCUT2D eigenvalue weighted by atomic mass is 16.5. The van der Waals surface area contributed by atoms with Crippen LogP contribution in [0.25, 0.3) is 0 Å².